The number of hydrogen-bond acceptors (Lipinski definition) is 3. The topological polar surface area (TPSA) is 51.2 Å². The predicted molar refractivity (Wildman–Crippen MR) is 49.2 cm³/mol. The molecule has 0 bridgehead atoms. The van der Waals surface area contributed by atoms with Crippen LogP contribution in [0.15, 0.2) is 0 Å². The van der Waals surface area contributed by atoms with E-state index in [2.05, 4.69) is 0 Å². The first kappa shape index (κ1) is 14.4. The maximum absolute atomic E-state index is 11.7. The number of carbonyl (C=O) groups is 1. The van der Waals surface area contributed by atoms with Gasteiger partial charge in [0.1, 0.15) is 22.0 Å². The number of Topliss-reactive ketones (excluding diaryl/α,β-unsaturated/α-hetero) is 1. The summed E-state index contributed by atoms with van der Waals surface area (Å²) in [6, 6.07) is 0. The van der Waals surface area contributed by atoms with Gasteiger partial charge in [-0.3, -0.25) is 4.79 Å². The van der Waals surface area contributed by atoms with Crippen molar-refractivity contribution >= 4 is 15.6 Å². The third-order valence-corrected chi connectivity index (χ3v) is 3.54. The molecule has 90 valence electrons. The number of halogens is 3. The fraction of sp³-hybridized carbons (Fsp3) is 0.875. The molecule has 0 aromatic heterocycles. The smallest absolute Gasteiger partial charge is 0.299 e. The molecule has 0 unspecified atom stereocenters. The summed E-state index contributed by atoms with van der Waals surface area (Å²) in [5.74, 6) is -1.25. The molecule has 7 heteroatoms. The van der Waals surface area contributed by atoms with E-state index in [0.29, 0.717) is 0 Å². The third kappa shape index (κ3) is 8.41. The molecule has 0 saturated heterocycles. The van der Waals surface area contributed by atoms with Crippen molar-refractivity contribution in [1.29, 1.82) is 0 Å². The molecule has 0 fully saturated rings. The lowest BCUT2D eigenvalue weighted by Crippen LogP contribution is -2.16. The molecule has 0 N–H and O–H groups in total. The van der Waals surface area contributed by atoms with E-state index < -0.39 is 28.2 Å². The van der Waals surface area contributed by atoms with Crippen molar-refractivity contribution in [2.75, 3.05) is 11.5 Å². The maximum atomic E-state index is 11.7. The molecule has 0 aromatic rings. The number of alkyl halides is 3. The van der Waals surface area contributed by atoms with Gasteiger partial charge in [0, 0.05) is 12.2 Å². The van der Waals surface area contributed by atoms with E-state index in [1.807, 2.05) is 0 Å². The summed E-state index contributed by atoms with van der Waals surface area (Å²) in [6.45, 7) is 1.45. The Morgan fingerprint density at radius 3 is 2.20 bits per heavy atom. The average molecular weight is 246 g/mol. The lowest BCUT2D eigenvalue weighted by Gasteiger charge is -2.04. The van der Waals surface area contributed by atoms with Crippen molar-refractivity contribution in [3.8, 4) is 0 Å². The first-order chi connectivity index (χ1) is 6.66. The third-order valence-electron chi connectivity index (χ3n) is 1.75. The second kappa shape index (κ2) is 5.48. The van der Waals surface area contributed by atoms with E-state index in [4.69, 9.17) is 0 Å². The molecule has 0 aliphatic heterocycles. The van der Waals surface area contributed by atoms with Gasteiger partial charge in [-0.05, 0) is 6.42 Å². The molecule has 0 aliphatic carbocycles. The lowest BCUT2D eigenvalue weighted by molar-refractivity contribution is -0.152. The van der Waals surface area contributed by atoms with Gasteiger partial charge in [-0.15, -0.1) is 0 Å². The molecule has 0 aromatic carbocycles. The summed E-state index contributed by atoms with van der Waals surface area (Å²) >= 11 is 0. The highest BCUT2D eigenvalue weighted by Crippen LogP contribution is 2.20. The summed E-state index contributed by atoms with van der Waals surface area (Å²) in [7, 11) is -3.19. The first-order valence-electron chi connectivity index (χ1n) is 4.45. The van der Waals surface area contributed by atoms with Crippen LogP contribution in [0.25, 0.3) is 0 Å². The van der Waals surface area contributed by atoms with Gasteiger partial charge >= 0.3 is 6.18 Å². The summed E-state index contributed by atoms with van der Waals surface area (Å²) < 4.78 is 56.9. The van der Waals surface area contributed by atoms with E-state index in [-0.39, 0.29) is 24.3 Å². The van der Waals surface area contributed by atoms with Gasteiger partial charge in [0.15, 0.2) is 0 Å². The number of sulfone groups is 1. The van der Waals surface area contributed by atoms with E-state index in [0.717, 1.165) is 0 Å². The Labute approximate surface area is 86.6 Å². The SMILES string of the molecule is CCS(=O)(=O)CCCC(=O)CC(F)(F)F. The van der Waals surface area contributed by atoms with E-state index in [1.54, 1.807) is 0 Å². The maximum Gasteiger partial charge on any atom is 0.395 e. The zero-order valence-corrected chi connectivity index (χ0v) is 9.12. The molecule has 15 heavy (non-hydrogen) atoms. The van der Waals surface area contributed by atoms with Crippen LogP contribution in [0.5, 0.6) is 0 Å². The zero-order chi connectivity index (χ0) is 12.1. The summed E-state index contributed by atoms with van der Waals surface area (Å²) in [5.41, 5.74) is 0. The van der Waals surface area contributed by atoms with Crippen molar-refractivity contribution in [1.82, 2.24) is 0 Å². The Balaban J connectivity index is 3.84. The molecule has 0 spiro atoms. The molecule has 0 amide bonds. The van der Waals surface area contributed by atoms with Crippen LogP contribution in [0.4, 0.5) is 13.2 Å². The highest BCUT2D eigenvalue weighted by molar-refractivity contribution is 7.91. The number of carbonyl (C=O) groups excluding carboxylic acids is 1. The van der Waals surface area contributed by atoms with Gasteiger partial charge in [0.25, 0.3) is 0 Å². The molecule has 0 radical (unpaired) electrons. The second-order valence-corrected chi connectivity index (χ2v) is 5.64. The van der Waals surface area contributed by atoms with Crippen LogP contribution >= 0.6 is 0 Å². The lowest BCUT2D eigenvalue weighted by atomic mass is 10.2. The van der Waals surface area contributed by atoms with E-state index in [9.17, 15) is 26.4 Å². The van der Waals surface area contributed by atoms with Gasteiger partial charge in [-0.1, -0.05) is 6.92 Å². The normalized spacial score (nSPS) is 12.8. The average Bonchev–Trinajstić information content (AvgIpc) is 2.00. The van der Waals surface area contributed by atoms with E-state index >= 15 is 0 Å². The highest BCUT2D eigenvalue weighted by Gasteiger charge is 2.30. The minimum atomic E-state index is -4.50. The van der Waals surface area contributed by atoms with Gasteiger partial charge in [0.05, 0.1) is 5.75 Å². The largest absolute Gasteiger partial charge is 0.395 e. The fourth-order valence-electron chi connectivity index (χ4n) is 0.946. The summed E-state index contributed by atoms with van der Waals surface area (Å²) in [4.78, 5) is 10.7. The summed E-state index contributed by atoms with van der Waals surface area (Å²) in [5, 5.41) is 0. The van der Waals surface area contributed by atoms with Crippen LogP contribution < -0.4 is 0 Å². The van der Waals surface area contributed by atoms with Gasteiger partial charge in [-0.25, -0.2) is 8.42 Å². The Morgan fingerprint density at radius 2 is 1.80 bits per heavy atom. The minimum absolute atomic E-state index is 0.0366. The van der Waals surface area contributed by atoms with Gasteiger partial charge in [-0.2, -0.15) is 13.2 Å². The van der Waals surface area contributed by atoms with Crippen molar-refractivity contribution in [2.24, 2.45) is 0 Å². The molecule has 0 aliphatic rings. The quantitative estimate of drug-likeness (QED) is 0.717. The molecular formula is C8H13F3O3S. The number of rotatable bonds is 6. The highest BCUT2D eigenvalue weighted by atomic mass is 32.2. The standard InChI is InChI=1S/C8H13F3O3S/c1-2-15(13,14)5-3-4-7(12)6-8(9,10)11/h2-6H2,1H3. The van der Waals surface area contributed by atoms with Crippen molar-refractivity contribution in [2.45, 2.75) is 32.4 Å². The van der Waals surface area contributed by atoms with Gasteiger partial charge < -0.3 is 0 Å². The summed E-state index contributed by atoms with van der Waals surface area (Å²) in [6.07, 6.45) is -6.34. The molecular weight excluding hydrogens is 233 g/mol. The fourth-order valence-corrected chi connectivity index (χ4v) is 1.82. The van der Waals surface area contributed by atoms with Crippen LogP contribution in [-0.4, -0.2) is 31.9 Å². The minimum Gasteiger partial charge on any atom is -0.299 e. The van der Waals surface area contributed by atoms with E-state index in [1.165, 1.54) is 6.92 Å². The Morgan fingerprint density at radius 1 is 1.27 bits per heavy atom. The Hall–Kier alpha value is -0.590. The number of hydrogen-bond donors (Lipinski definition) is 0. The Kier molecular flexibility index (Phi) is 5.27. The Bertz CT molecular complexity index is 306. The molecule has 0 saturated carbocycles. The number of ketones is 1. The molecule has 0 rings (SSSR count). The van der Waals surface area contributed by atoms with Crippen molar-refractivity contribution in [3.63, 3.8) is 0 Å². The van der Waals surface area contributed by atoms with Crippen molar-refractivity contribution in [3.05, 3.63) is 0 Å². The predicted octanol–water partition coefficient (Wildman–Crippen LogP) is 1.72. The molecule has 0 heterocycles. The van der Waals surface area contributed by atoms with Crippen LogP contribution in [-0.2, 0) is 14.6 Å². The molecule has 3 nitrogen and oxygen atoms in total. The molecule has 0 atom stereocenters. The monoisotopic (exact) mass is 246 g/mol. The second-order valence-electron chi connectivity index (χ2n) is 3.17. The first-order valence-corrected chi connectivity index (χ1v) is 6.27. The van der Waals surface area contributed by atoms with Crippen molar-refractivity contribution < 1.29 is 26.4 Å². The van der Waals surface area contributed by atoms with Gasteiger partial charge in [0.2, 0.25) is 0 Å². The zero-order valence-electron chi connectivity index (χ0n) is 8.30. The van der Waals surface area contributed by atoms with Crippen LogP contribution in [0, 0.1) is 0 Å². The van der Waals surface area contributed by atoms with Crippen LogP contribution in [0.2, 0.25) is 0 Å². The van der Waals surface area contributed by atoms with Crippen LogP contribution in [0.1, 0.15) is 26.2 Å². The van der Waals surface area contributed by atoms with Crippen LogP contribution in [0.3, 0.4) is 0 Å².